The molecule has 0 N–H and O–H groups in total. The molecule has 0 aliphatic carbocycles. The van der Waals surface area contributed by atoms with Crippen LogP contribution in [0.25, 0.3) is 0 Å². The molecule has 1 aliphatic rings. The van der Waals surface area contributed by atoms with Gasteiger partial charge in [-0.25, -0.2) is 4.39 Å². The fourth-order valence-electron chi connectivity index (χ4n) is 3.24. The summed E-state index contributed by atoms with van der Waals surface area (Å²) in [6, 6.07) is 19.9. The first-order valence-electron chi connectivity index (χ1n) is 8.64. The summed E-state index contributed by atoms with van der Waals surface area (Å²) in [6.07, 6.45) is 0.615. The first kappa shape index (κ1) is 18.1. The SMILES string of the molecule is O=[N+]([O-])c1ccc(N2N=C(c3ccc(F)cc3)CC2c2ccc(Cl)cc2)cc1. The number of hydrazone groups is 1. The van der Waals surface area contributed by atoms with Crippen molar-refractivity contribution >= 4 is 28.7 Å². The largest absolute Gasteiger partial charge is 0.269 e. The van der Waals surface area contributed by atoms with Crippen LogP contribution in [0, 0.1) is 15.9 Å². The van der Waals surface area contributed by atoms with Crippen molar-refractivity contribution < 1.29 is 9.31 Å². The molecule has 0 radical (unpaired) electrons. The van der Waals surface area contributed by atoms with Crippen molar-refractivity contribution in [3.05, 3.63) is 105 Å². The number of nitro groups is 1. The third-order valence-corrected chi connectivity index (χ3v) is 4.92. The molecule has 7 heteroatoms. The van der Waals surface area contributed by atoms with Crippen LogP contribution in [-0.4, -0.2) is 10.6 Å². The highest BCUT2D eigenvalue weighted by atomic mass is 35.5. The maximum Gasteiger partial charge on any atom is 0.269 e. The molecule has 28 heavy (non-hydrogen) atoms. The van der Waals surface area contributed by atoms with Crippen LogP contribution in [-0.2, 0) is 0 Å². The Kier molecular flexibility index (Phi) is 4.79. The fraction of sp³-hybridized carbons (Fsp3) is 0.0952. The summed E-state index contributed by atoms with van der Waals surface area (Å²) in [4.78, 5) is 10.5. The molecule has 1 aliphatic heterocycles. The molecular weight excluding hydrogens is 381 g/mol. The Morgan fingerprint density at radius 1 is 1.00 bits per heavy atom. The van der Waals surface area contributed by atoms with E-state index >= 15 is 0 Å². The van der Waals surface area contributed by atoms with E-state index in [1.165, 1.54) is 24.3 Å². The van der Waals surface area contributed by atoms with Gasteiger partial charge in [-0.2, -0.15) is 5.10 Å². The molecule has 0 saturated carbocycles. The summed E-state index contributed by atoms with van der Waals surface area (Å²) in [5, 5.41) is 18.2. The lowest BCUT2D eigenvalue weighted by molar-refractivity contribution is -0.384. The molecule has 3 aromatic carbocycles. The molecule has 140 valence electrons. The number of nitro benzene ring substituents is 1. The molecule has 1 atom stereocenters. The van der Waals surface area contributed by atoms with Crippen molar-refractivity contribution in [3.8, 4) is 0 Å². The minimum atomic E-state index is -0.433. The molecule has 1 unspecified atom stereocenters. The number of hydrogen-bond acceptors (Lipinski definition) is 4. The Morgan fingerprint density at radius 2 is 1.64 bits per heavy atom. The van der Waals surface area contributed by atoms with Crippen LogP contribution < -0.4 is 5.01 Å². The van der Waals surface area contributed by atoms with Crippen LogP contribution in [0.3, 0.4) is 0 Å². The Morgan fingerprint density at radius 3 is 2.25 bits per heavy atom. The van der Waals surface area contributed by atoms with Crippen LogP contribution in [0.4, 0.5) is 15.8 Å². The second-order valence-electron chi connectivity index (χ2n) is 6.44. The average molecular weight is 396 g/mol. The van der Waals surface area contributed by atoms with Crippen LogP contribution in [0.2, 0.25) is 5.02 Å². The predicted molar refractivity (Wildman–Crippen MR) is 107 cm³/mol. The van der Waals surface area contributed by atoms with E-state index < -0.39 is 4.92 Å². The van der Waals surface area contributed by atoms with E-state index in [1.54, 1.807) is 24.3 Å². The standard InChI is InChI=1S/C21H15ClFN3O2/c22-16-5-1-15(2-6-16)21-13-20(14-3-7-17(23)8-4-14)24-25(21)18-9-11-19(12-10-18)26(27)28/h1-12,21H,13H2. The van der Waals surface area contributed by atoms with Gasteiger partial charge in [-0.1, -0.05) is 35.9 Å². The van der Waals surface area contributed by atoms with E-state index in [-0.39, 0.29) is 17.5 Å². The monoisotopic (exact) mass is 395 g/mol. The van der Waals surface area contributed by atoms with Crippen molar-refractivity contribution in [1.29, 1.82) is 0 Å². The van der Waals surface area contributed by atoms with Gasteiger partial charge in [0.15, 0.2) is 0 Å². The third-order valence-electron chi connectivity index (χ3n) is 4.67. The maximum absolute atomic E-state index is 13.3. The summed E-state index contributed by atoms with van der Waals surface area (Å²) in [7, 11) is 0. The summed E-state index contributed by atoms with van der Waals surface area (Å²) in [5.41, 5.74) is 3.43. The molecule has 0 aromatic heterocycles. The van der Waals surface area contributed by atoms with E-state index in [2.05, 4.69) is 0 Å². The Hall–Kier alpha value is -3.25. The highest BCUT2D eigenvalue weighted by Gasteiger charge is 2.30. The molecule has 4 rings (SSSR count). The molecule has 0 spiro atoms. The lowest BCUT2D eigenvalue weighted by atomic mass is 9.98. The van der Waals surface area contributed by atoms with Gasteiger partial charge in [0.2, 0.25) is 0 Å². The van der Waals surface area contributed by atoms with Gasteiger partial charge in [-0.15, -0.1) is 0 Å². The average Bonchev–Trinajstić information content (AvgIpc) is 3.14. The topological polar surface area (TPSA) is 58.7 Å². The minimum Gasteiger partial charge on any atom is -0.258 e. The molecule has 5 nitrogen and oxygen atoms in total. The molecule has 0 fully saturated rings. The van der Waals surface area contributed by atoms with Crippen molar-refractivity contribution in [2.45, 2.75) is 12.5 Å². The van der Waals surface area contributed by atoms with Crippen molar-refractivity contribution in [3.63, 3.8) is 0 Å². The number of non-ortho nitro benzene ring substituents is 1. The maximum atomic E-state index is 13.3. The molecule has 0 amide bonds. The lowest BCUT2D eigenvalue weighted by Crippen LogP contribution is -2.18. The van der Waals surface area contributed by atoms with Crippen molar-refractivity contribution in [2.75, 3.05) is 5.01 Å². The number of rotatable bonds is 4. The van der Waals surface area contributed by atoms with Gasteiger partial charge in [-0.3, -0.25) is 15.1 Å². The number of halogens is 2. The zero-order chi connectivity index (χ0) is 19.7. The fourth-order valence-corrected chi connectivity index (χ4v) is 3.36. The highest BCUT2D eigenvalue weighted by molar-refractivity contribution is 6.30. The van der Waals surface area contributed by atoms with E-state index in [1.807, 2.05) is 29.3 Å². The van der Waals surface area contributed by atoms with E-state index in [0.29, 0.717) is 11.4 Å². The van der Waals surface area contributed by atoms with Crippen molar-refractivity contribution in [1.82, 2.24) is 0 Å². The zero-order valence-electron chi connectivity index (χ0n) is 14.6. The van der Waals surface area contributed by atoms with E-state index in [0.717, 1.165) is 22.5 Å². The Balaban J connectivity index is 1.73. The lowest BCUT2D eigenvalue weighted by Gasteiger charge is -2.24. The van der Waals surface area contributed by atoms with Gasteiger partial charge < -0.3 is 0 Å². The molecule has 1 heterocycles. The first-order chi connectivity index (χ1) is 13.5. The van der Waals surface area contributed by atoms with Gasteiger partial charge in [0.05, 0.1) is 22.4 Å². The second kappa shape index (κ2) is 7.40. The van der Waals surface area contributed by atoms with Crippen LogP contribution in [0.1, 0.15) is 23.6 Å². The molecule has 0 saturated heterocycles. The second-order valence-corrected chi connectivity index (χ2v) is 6.88. The van der Waals surface area contributed by atoms with Crippen LogP contribution in [0.5, 0.6) is 0 Å². The van der Waals surface area contributed by atoms with Gasteiger partial charge in [0.25, 0.3) is 5.69 Å². The number of benzene rings is 3. The summed E-state index contributed by atoms with van der Waals surface area (Å²) in [5.74, 6) is -0.302. The van der Waals surface area contributed by atoms with Crippen LogP contribution in [0.15, 0.2) is 77.9 Å². The Labute approximate surface area is 165 Å². The first-order valence-corrected chi connectivity index (χ1v) is 9.01. The zero-order valence-corrected chi connectivity index (χ0v) is 15.4. The molecule has 0 bridgehead atoms. The smallest absolute Gasteiger partial charge is 0.258 e. The van der Waals surface area contributed by atoms with Gasteiger partial charge in [-0.05, 0) is 47.5 Å². The number of nitrogens with zero attached hydrogens (tertiary/aromatic N) is 3. The predicted octanol–water partition coefficient (Wildman–Crippen LogP) is 5.74. The normalized spacial score (nSPS) is 16.1. The van der Waals surface area contributed by atoms with Gasteiger partial charge in [0, 0.05) is 23.6 Å². The van der Waals surface area contributed by atoms with E-state index in [9.17, 15) is 14.5 Å². The third kappa shape index (κ3) is 3.59. The summed E-state index contributed by atoms with van der Waals surface area (Å²) < 4.78 is 13.3. The van der Waals surface area contributed by atoms with E-state index in [4.69, 9.17) is 16.7 Å². The molecule has 3 aromatic rings. The molecular formula is C21H15ClFN3O2. The quantitative estimate of drug-likeness (QED) is 0.418. The minimum absolute atomic E-state index is 0.0220. The number of anilines is 1. The summed E-state index contributed by atoms with van der Waals surface area (Å²) in [6.45, 7) is 0. The van der Waals surface area contributed by atoms with Gasteiger partial charge in [0.1, 0.15) is 5.82 Å². The van der Waals surface area contributed by atoms with Crippen LogP contribution >= 0.6 is 11.6 Å². The number of hydrogen-bond donors (Lipinski definition) is 0. The van der Waals surface area contributed by atoms with Crippen molar-refractivity contribution in [2.24, 2.45) is 5.10 Å². The Bertz CT molecular complexity index is 1030. The summed E-state index contributed by atoms with van der Waals surface area (Å²) >= 11 is 6.02. The van der Waals surface area contributed by atoms with Gasteiger partial charge >= 0.3 is 0 Å². The highest BCUT2D eigenvalue weighted by Crippen LogP contribution is 2.37.